The minimum Gasteiger partial charge on any atom is -0.496 e. The summed E-state index contributed by atoms with van der Waals surface area (Å²) in [6.45, 7) is 3.56. The molecule has 4 nitrogen and oxygen atoms in total. The van der Waals surface area contributed by atoms with Crippen LogP contribution in [0.15, 0.2) is 71.4 Å². The summed E-state index contributed by atoms with van der Waals surface area (Å²) in [5.74, 6) is -0.334. The molecule has 1 N–H and O–H groups in total. The average molecular weight is 483 g/mol. The highest BCUT2D eigenvalue weighted by molar-refractivity contribution is 6.06. The maximum absolute atomic E-state index is 13.4. The first-order chi connectivity index (χ1) is 16.6. The van der Waals surface area contributed by atoms with Gasteiger partial charge in [0.15, 0.2) is 0 Å². The highest BCUT2D eigenvalue weighted by atomic mass is 19.4. The molecule has 0 saturated heterocycles. The van der Waals surface area contributed by atoms with Crippen molar-refractivity contribution in [1.29, 1.82) is 0 Å². The molecule has 35 heavy (non-hydrogen) atoms. The number of allylic oxidation sites excluding steroid dienone is 1. The van der Waals surface area contributed by atoms with Crippen molar-refractivity contribution in [2.45, 2.75) is 20.0 Å². The van der Waals surface area contributed by atoms with Crippen LogP contribution < -0.4 is 10.1 Å². The number of aryl methyl sites for hydroxylation is 1. The lowest BCUT2D eigenvalue weighted by Gasteiger charge is -2.13. The molecule has 0 spiro atoms. The average Bonchev–Trinajstić information content (AvgIpc) is 3.23. The SMILES string of the molecule is COc1c(/C(C)=C/C(=O)Nc2ccc(C(F)(F)F)cc2)cc2c(-c3ccc(F)cc3)coc2c1C. The second-order valence-electron chi connectivity index (χ2n) is 8.01. The zero-order valence-corrected chi connectivity index (χ0v) is 19.1. The molecule has 0 aliphatic rings. The van der Waals surface area contributed by atoms with E-state index < -0.39 is 17.6 Å². The van der Waals surface area contributed by atoms with Gasteiger partial charge in [0.05, 0.1) is 18.9 Å². The molecular formula is C27H21F4NO3. The fourth-order valence-corrected chi connectivity index (χ4v) is 3.92. The summed E-state index contributed by atoms with van der Waals surface area (Å²) in [6, 6.07) is 12.1. The van der Waals surface area contributed by atoms with Crippen LogP contribution in [0.4, 0.5) is 23.2 Å². The molecule has 1 aromatic heterocycles. The van der Waals surface area contributed by atoms with Crippen LogP contribution in [0.3, 0.4) is 0 Å². The van der Waals surface area contributed by atoms with E-state index in [1.807, 2.05) is 13.0 Å². The minimum absolute atomic E-state index is 0.235. The number of methoxy groups -OCH3 is 1. The highest BCUT2D eigenvalue weighted by Crippen LogP contribution is 2.40. The Labute approximate surface area is 198 Å². The summed E-state index contributed by atoms with van der Waals surface area (Å²) in [7, 11) is 1.51. The number of carbonyl (C=O) groups excluding carboxylic acids is 1. The number of benzene rings is 3. The second-order valence-corrected chi connectivity index (χ2v) is 8.01. The Morgan fingerprint density at radius 2 is 1.71 bits per heavy atom. The number of nitrogens with one attached hydrogen (secondary N) is 1. The second kappa shape index (κ2) is 9.29. The normalized spacial score (nSPS) is 12.1. The standard InChI is InChI=1S/C27H21F4NO3/c1-15(12-24(33)32-20-10-6-18(7-11-20)27(29,30)31)21-13-22-23(17-4-8-19(28)9-5-17)14-35-26(22)16(2)25(21)34-3/h4-14H,1-3H3,(H,32,33)/b15-12+. The third-order valence-electron chi connectivity index (χ3n) is 5.66. The van der Waals surface area contributed by atoms with Crippen LogP contribution in [0.25, 0.3) is 27.7 Å². The molecule has 0 saturated carbocycles. The zero-order valence-electron chi connectivity index (χ0n) is 19.1. The van der Waals surface area contributed by atoms with Gasteiger partial charge in [-0.25, -0.2) is 4.39 Å². The molecule has 0 fully saturated rings. The monoisotopic (exact) mass is 483 g/mol. The van der Waals surface area contributed by atoms with Crippen LogP contribution in [0.2, 0.25) is 0 Å². The predicted molar refractivity (Wildman–Crippen MR) is 127 cm³/mol. The summed E-state index contributed by atoms with van der Waals surface area (Å²) in [5.41, 5.74) is 3.51. The Bertz CT molecular complexity index is 1420. The molecule has 0 bridgehead atoms. The molecule has 0 aliphatic heterocycles. The van der Waals surface area contributed by atoms with Gasteiger partial charge in [-0.1, -0.05) is 12.1 Å². The fourth-order valence-electron chi connectivity index (χ4n) is 3.92. The first-order valence-electron chi connectivity index (χ1n) is 10.6. The van der Waals surface area contributed by atoms with Gasteiger partial charge in [0.25, 0.3) is 0 Å². The Balaban J connectivity index is 1.68. The summed E-state index contributed by atoms with van der Waals surface area (Å²) in [6.07, 6.45) is -1.52. The van der Waals surface area contributed by atoms with E-state index in [1.54, 1.807) is 25.3 Å². The Morgan fingerprint density at radius 1 is 1.06 bits per heavy atom. The van der Waals surface area contributed by atoms with Crippen molar-refractivity contribution in [2.75, 3.05) is 12.4 Å². The van der Waals surface area contributed by atoms with Crippen LogP contribution in [0.1, 0.15) is 23.6 Å². The van der Waals surface area contributed by atoms with Crippen molar-refractivity contribution >= 4 is 28.1 Å². The molecule has 0 unspecified atom stereocenters. The van der Waals surface area contributed by atoms with E-state index in [-0.39, 0.29) is 11.5 Å². The third kappa shape index (κ3) is 4.91. The number of carbonyl (C=O) groups is 1. The van der Waals surface area contributed by atoms with Crippen LogP contribution in [-0.4, -0.2) is 13.0 Å². The number of alkyl halides is 3. The van der Waals surface area contributed by atoms with E-state index in [4.69, 9.17) is 9.15 Å². The first kappa shape index (κ1) is 24.1. The van der Waals surface area contributed by atoms with Gasteiger partial charge in [-0.15, -0.1) is 0 Å². The molecule has 1 heterocycles. The molecule has 1 amide bonds. The lowest BCUT2D eigenvalue weighted by Crippen LogP contribution is -2.10. The minimum atomic E-state index is -4.45. The van der Waals surface area contributed by atoms with Crippen LogP contribution >= 0.6 is 0 Å². The maximum Gasteiger partial charge on any atom is 0.416 e. The van der Waals surface area contributed by atoms with Gasteiger partial charge in [-0.3, -0.25) is 4.79 Å². The first-order valence-corrected chi connectivity index (χ1v) is 10.6. The van der Waals surface area contributed by atoms with E-state index in [0.29, 0.717) is 22.5 Å². The van der Waals surface area contributed by atoms with E-state index in [9.17, 15) is 22.4 Å². The zero-order chi connectivity index (χ0) is 25.3. The van der Waals surface area contributed by atoms with Crippen LogP contribution in [-0.2, 0) is 11.0 Å². The summed E-state index contributed by atoms with van der Waals surface area (Å²) in [5, 5.41) is 3.34. The van der Waals surface area contributed by atoms with Crippen molar-refractivity contribution in [1.82, 2.24) is 0 Å². The number of anilines is 1. The van der Waals surface area contributed by atoms with E-state index in [2.05, 4.69) is 5.32 Å². The summed E-state index contributed by atoms with van der Waals surface area (Å²) < 4.78 is 63.0. The van der Waals surface area contributed by atoms with E-state index in [0.717, 1.165) is 34.2 Å². The number of amides is 1. The number of ether oxygens (including phenoxy) is 1. The third-order valence-corrected chi connectivity index (χ3v) is 5.66. The van der Waals surface area contributed by atoms with Gasteiger partial charge >= 0.3 is 6.18 Å². The smallest absolute Gasteiger partial charge is 0.416 e. The van der Waals surface area contributed by atoms with Gasteiger partial charge in [-0.05, 0) is 67.4 Å². The molecule has 0 atom stereocenters. The largest absolute Gasteiger partial charge is 0.496 e. The topological polar surface area (TPSA) is 51.5 Å². The molecule has 0 radical (unpaired) electrons. The van der Waals surface area contributed by atoms with Gasteiger partial charge in [0.1, 0.15) is 17.1 Å². The summed E-state index contributed by atoms with van der Waals surface area (Å²) in [4.78, 5) is 12.6. The van der Waals surface area contributed by atoms with Crippen molar-refractivity contribution in [3.8, 4) is 16.9 Å². The lowest BCUT2D eigenvalue weighted by molar-refractivity contribution is -0.137. The molecule has 180 valence electrons. The quantitative estimate of drug-likeness (QED) is 0.235. The fraction of sp³-hybridized carbons (Fsp3) is 0.148. The predicted octanol–water partition coefficient (Wildman–Crippen LogP) is 7.62. The Kier molecular flexibility index (Phi) is 6.39. The van der Waals surface area contributed by atoms with E-state index in [1.165, 1.54) is 37.5 Å². The van der Waals surface area contributed by atoms with Gasteiger partial charge < -0.3 is 14.5 Å². The number of hydrogen-bond acceptors (Lipinski definition) is 3. The molecule has 4 aromatic rings. The van der Waals surface area contributed by atoms with Gasteiger partial charge in [0.2, 0.25) is 5.91 Å². The van der Waals surface area contributed by atoms with Crippen LogP contribution in [0, 0.1) is 12.7 Å². The lowest BCUT2D eigenvalue weighted by atomic mass is 9.96. The molecule has 3 aromatic carbocycles. The Morgan fingerprint density at radius 3 is 2.31 bits per heavy atom. The number of hydrogen-bond donors (Lipinski definition) is 1. The molecule has 4 rings (SSSR count). The van der Waals surface area contributed by atoms with Crippen molar-refractivity contribution in [3.63, 3.8) is 0 Å². The van der Waals surface area contributed by atoms with Gasteiger partial charge in [0, 0.05) is 33.8 Å². The molecule has 8 heteroatoms. The van der Waals surface area contributed by atoms with Crippen molar-refractivity contribution in [3.05, 3.63) is 89.4 Å². The number of rotatable bonds is 5. The van der Waals surface area contributed by atoms with E-state index >= 15 is 0 Å². The molecular weight excluding hydrogens is 462 g/mol. The van der Waals surface area contributed by atoms with Crippen molar-refractivity contribution in [2.24, 2.45) is 0 Å². The number of fused-ring (bicyclic) bond motifs is 1. The van der Waals surface area contributed by atoms with Gasteiger partial charge in [-0.2, -0.15) is 13.2 Å². The number of halogens is 4. The Hall–Kier alpha value is -4.07. The molecule has 0 aliphatic carbocycles. The van der Waals surface area contributed by atoms with Crippen molar-refractivity contribution < 1.29 is 31.5 Å². The van der Waals surface area contributed by atoms with Crippen LogP contribution in [0.5, 0.6) is 5.75 Å². The number of furan rings is 1. The maximum atomic E-state index is 13.4. The highest BCUT2D eigenvalue weighted by Gasteiger charge is 2.30. The summed E-state index contributed by atoms with van der Waals surface area (Å²) >= 11 is 0.